The highest BCUT2D eigenvalue weighted by molar-refractivity contribution is 5.79. The van der Waals surface area contributed by atoms with Gasteiger partial charge in [0.25, 0.3) is 0 Å². The highest BCUT2D eigenvalue weighted by atomic mass is 16.1. The number of Topliss-reactive ketones (excluding diaryl/α,β-unsaturated/α-hetero) is 1. The van der Waals surface area contributed by atoms with E-state index in [1.807, 2.05) is 6.92 Å². The van der Waals surface area contributed by atoms with Crippen LogP contribution in [0.5, 0.6) is 0 Å². The molecule has 0 heterocycles. The molecule has 0 aromatic rings. The van der Waals surface area contributed by atoms with Gasteiger partial charge < -0.3 is 0 Å². The fourth-order valence-electron chi connectivity index (χ4n) is 8.80. The number of hydrogen-bond acceptors (Lipinski definition) is 1. The van der Waals surface area contributed by atoms with Crippen molar-refractivity contribution in [3.05, 3.63) is 0 Å². The predicted molar refractivity (Wildman–Crippen MR) is 104 cm³/mol. The molecule has 4 aliphatic rings. The first kappa shape index (κ1) is 18.1. The first-order valence-corrected chi connectivity index (χ1v) is 11.2. The van der Waals surface area contributed by atoms with Crippen molar-refractivity contribution < 1.29 is 4.79 Å². The van der Waals surface area contributed by atoms with Crippen molar-refractivity contribution >= 4 is 5.78 Å². The summed E-state index contributed by atoms with van der Waals surface area (Å²) in [5.41, 5.74) is 1.42. The number of carbonyl (C=O) groups excluding carboxylic acids is 1. The second kappa shape index (κ2) is 5.83. The lowest BCUT2D eigenvalue weighted by Gasteiger charge is -2.67. The summed E-state index contributed by atoms with van der Waals surface area (Å²) in [6.45, 7) is 12.1. The number of ketones is 1. The van der Waals surface area contributed by atoms with Crippen LogP contribution in [0, 0.1) is 45.8 Å². The first-order chi connectivity index (χ1) is 11.7. The van der Waals surface area contributed by atoms with Gasteiger partial charge >= 0.3 is 0 Å². The van der Waals surface area contributed by atoms with Crippen LogP contribution >= 0.6 is 0 Å². The zero-order valence-corrected chi connectivity index (χ0v) is 17.4. The summed E-state index contributed by atoms with van der Waals surface area (Å²) < 4.78 is 0. The third kappa shape index (κ3) is 2.43. The number of rotatable bonds is 1. The van der Waals surface area contributed by atoms with E-state index >= 15 is 0 Å². The minimum atomic E-state index is 0.303. The molecule has 0 radical (unpaired) electrons. The van der Waals surface area contributed by atoms with E-state index in [1.54, 1.807) is 0 Å². The summed E-state index contributed by atoms with van der Waals surface area (Å²) in [6, 6.07) is 0. The Morgan fingerprint density at radius 2 is 1.64 bits per heavy atom. The topological polar surface area (TPSA) is 17.1 Å². The largest absolute Gasteiger partial charge is 0.300 e. The second-order valence-electron chi connectivity index (χ2n) is 11.4. The predicted octanol–water partition coefficient (Wildman–Crippen LogP) is 6.65. The molecule has 1 heteroatoms. The summed E-state index contributed by atoms with van der Waals surface area (Å²) in [5.74, 6) is 4.37. The fraction of sp³-hybridized carbons (Fsp3) is 0.958. The van der Waals surface area contributed by atoms with Crippen molar-refractivity contribution in [1.82, 2.24) is 0 Å². The molecule has 1 nitrogen and oxygen atoms in total. The molecule has 4 saturated carbocycles. The Balaban J connectivity index is 1.66. The fourth-order valence-corrected chi connectivity index (χ4v) is 8.80. The van der Waals surface area contributed by atoms with Gasteiger partial charge in [0.15, 0.2) is 0 Å². The van der Waals surface area contributed by atoms with Crippen molar-refractivity contribution in [3.8, 4) is 0 Å². The van der Waals surface area contributed by atoms with E-state index in [9.17, 15) is 4.79 Å². The van der Waals surface area contributed by atoms with Gasteiger partial charge in [0.05, 0.1) is 0 Å². The van der Waals surface area contributed by atoms with Crippen molar-refractivity contribution in [2.45, 2.75) is 98.8 Å². The van der Waals surface area contributed by atoms with Gasteiger partial charge in [-0.25, -0.2) is 0 Å². The van der Waals surface area contributed by atoms with E-state index in [-0.39, 0.29) is 0 Å². The lowest BCUT2D eigenvalue weighted by Crippen LogP contribution is -2.59. The lowest BCUT2D eigenvalue weighted by atomic mass is 9.38. The van der Waals surface area contributed by atoms with Crippen LogP contribution in [0.15, 0.2) is 0 Å². The van der Waals surface area contributed by atoms with Crippen molar-refractivity contribution in [3.63, 3.8) is 0 Å². The molecule has 25 heavy (non-hydrogen) atoms. The van der Waals surface area contributed by atoms with Crippen LogP contribution < -0.4 is 0 Å². The van der Waals surface area contributed by atoms with Crippen molar-refractivity contribution in [1.29, 1.82) is 0 Å². The maximum absolute atomic E-state index is 12.4. The monoisotopic (exact) mass is 344 g/mol. The highest BCUT2D eigenvalue weighted by Crippen LogP contribution is 2.70. The average molecular weight is 345 g/mol. The van der Waals surface area contributed by atoms with E-state index in [0.717, 1.165) is 30.1 Å². The maximum atomic E-state index is 12.4. The molecule has 4 aliphatic carbocycles. The Bertz CT molecular complexity index is 552. The van der Waals surface area contributed by atoms with Crippen LogP contribution in [0.3, 0.4) is 0 Å². The lowest BCUT2D eigenvalue weighted by molar-refractivity contribution is -0.179. The number of fused-ring (bicyclic) bond motifs is 5. The van der Waals surface area contributed by atoms with E-state index in [4.69, 9.17) is 0 Å². The average Bonchev–Trinajstić information content (AvgIpc) is 2.54. The van der Waals surface area contributed by atoms with Crippen LogP contribution in [0.2, 0.25) is 0 Å². The molecule has 0 N–H and O–H groups in total. The van der Waals surface area contributed by atoms with Crippen LogP contribution in [0.4, 0.5) is 0 Å². The molecular formula is C24H40O. The Morgan fingerprint density at radius 3 is 2.36 bits per heavy atom. The van der Waals surface area contributed by atoms with Gasteiger partial charge in [-0.1, -0.05) is 40.5 Å². The van der Waals surface area contributed by atoms with E-state index in [2.05, 4.69) is 27.7 Å². The molecule has 0 saturated heterocycles. The van der Waals surface area contributed by atoms with Gasteiger partial charge in [-0.15, -0.1) is 0 Å². The van der Waals surface area contributed by atoms with E-state index < -0.39 is 0 Å². The Hall–Kier alpha value is -0.330. The molecule has 4 fully saturated rings. The maximum Gasteiger partial charge on any atom is 0.133 e. The van der Waals surface area contributed by atoms with Gasteiger partial charge in [0.1, 0.15) is 5.78 Å². The molecule has 4 rings (SSSR count). The van der Waals surface area contributed by atoms with Gasteiger partial charge in [0, 0.05) is 5.92 Å². The van der Waals surface area contributed by atoms with E-state index in [0.29, 0.717) is 27.9 Å². The first-order valence-electron chi connectivity index (χ1n) is 11.2. The van der Waals surface area contributed by atoms with Crippen molar-refractivity contribution in [2.75, 3.05) is 0 Å². The van der Waals surface area contributed by atoms with Crippen LogP contribution in [0.25, 0.3) is 0 Å². The smallest absolute Gasteiger partial charge is 0.133 e. The van der Waals surface area contributed by atoms with Gasteiger partial charge in [-0.3, -0.25) is 4.79 Å². The minimum Gasteiger partial charge on any atom is -0.300 e. The molecule has 0 aromatic carbocycles. The molecule has 0 aromatic heterocycles. The molecule has 142 valence electrons. The quantitative estimate of drug-likeness (QED) is 0.520. The van der Waals surface area contributed by atoms with Crippen LogP contribution in [-0.2, 0) is 4.79 Å². The molecule has 0 aliphatic heterocycles. The van der Waals surface area contributed by atoms with Crippen molar-refractivity contribution in [2.24, 2.45) is 45.8 Å². The Labute approximate surface area is 155 Å². The normalized spacial score (nSPS) is 55.6. The molecule has 5 unspecified atom stereocenters. The molecule has 0 spiro atoms. The highest BCUT2D eigenvalue weighted by Gasteiger charge is 2.62. The van der Waals surface area contributed by atoms with Crippen LogP contribution in [0.1, 0.15) is 98.8 Å². The molecular weight excluding hydrogens is 304 g/mol. The zero-order valence-electron chi connectivity index (χ0n) is 17.4. The zero-order chi connectivity index (χ0) is 18.0. The summed E-state index contributed by atoms with van der Waals surface area (Å²) in [4.78, 5) is 12.4. The number of carbonyl (C=O) groups is 1. The second-order valence-corrected chi connectivity index (χ2v) is 11.4. The van der Waals surface area contributed by atoms with E-state index in [1.165, 1.54) is 57.8 Å². The summed E-state index contributed by atoms with van der Waals surface area (Å²) >= 11 is 0. The van der Waals surface area contributed by atoms with Gasteiger partial charge in [-0.2, -0.15) is 0 Å². The number of hydrogen-bond donors (Lipinski definition) is 0. The molecule has 0 bridgehead atoms. The summed E-state index contributed by atoms with van der Waals surface area (Å²) in [7, 11) is 0. The molecule has 8 atom stereocenters. The Morgan fingerprint density at radius 1 is 0.880 bits per heavy atom. The third-order valence-corrected chi connectivity index (χ3v) is 10.4. The van der Waals surface area contributed by atoms with Gasteiger partial charge in [-0.05, 0) is 98.2 Å². The van der Waals surface area contributed by atoms with Crippen LogP contribution in [-0.4, -0.2) is 5.78 Å². The standard InChI is InChI=1S/C24H40O/c1-16-9-14-24(5)21-11-13-23(4)19(17(2)25)7-6-8-20(23)18(21)10-12-22(24,3)15-16/h16,18-21H,6-15H2,1-5H3/t16?,18?,19?,20?,21?,22-,23-,24-/m1/s1. The molecule has 0 amide bonds. The Kier molecular flexibility index (Phi) is 4.21. The minimum absolute atomic E-state index is 0.303. The summed E-state index contributed by atoms with van der Waals surface area (Å²) in [5, 5.41) is 0. The summed E-state index contributed by atoms with van der Waals surface area (Å²) in [6.07, 6.45) is 13.8. The third-order valence-electron chi connectivity index (χ3n) is 10.4. The van der Waals surface area contributed by atoms with Gasteiger partial charge in [0.2, 0.25) is 0 Å². The SMILES string of the molecule is CC(=O)C1CCCC2C3CC[C@]4(C)CC(C)CC[C@]4(C)C3CC[C@]12C.